The fourth-order valence-corrected chi connectivity index (χ4v) is 4.96. The largest absolute Gasteiger partial charge is 0.494 e. The Morgan fingerprint density at radius 3 is 1.31 bits per heavy atom. The van der Waals surface area contributed by atoms with Crippen LogP contribution < -0.4 is 0 Å². The van der Waals surface area contributed by atoms with E-state index in [-0.39, 0.29) is 23.4 Å². The molecule has 32 heavy (non-hydrogen) atoms. The molecule has 4 rings (SSSR count). The molecule has 2 atom stereocenters. The molecular formula is C26H34B2O4. The van der Waals surface area contributed by atoms with E-state index >= 15 is 0 Å². The molecule has 0 aliphatic carbocycles. The SMILES string of the molecule is CC1CC(C)(C)OB(/C(=C(/B2OC(C)CC(C)(C)O2)c2ccccc2)c2ccccc2)O1. The van der Waals surface area contributed by atoms with Crippen LogP contribution in [0.15, 0.2) is 60.7 Å². The lowest BCUT2D eigenvalue weighted by atomic mass is 9.58. The van der Waals surface area contributed by atoms with E-state index in [1.165, 1.54) is 0 Å². The first-order chi connectivity index (χ1) is 15.1. The Morgan fingerprint density at radius 2 is 1.00 bits per heavy atom. The van der Waals surface area contributed by atoms with Crippen molar-refractivity contribution in [1.29, 1.82) is 0 Å². The van der Waals surface area contributed by atoms with Gasteiger partial charge in [0, 0.05) is 12.2 Å². The van der Waals surface area contributed by atoms with Gasteiger partial charge in [0.05, 0.1) is 11.2 Å². The molecule has 6 heteroatoms. The van der Waals surface area contributed by atoms with E-state index in [0.29, 0.717) is 0 Å². The average molecular weight is 432 g/mol. The van der Waals surface area contributed by atoms with Crippen molar-refractivity contribution in [2.75, 3.05) is 0 Å². The predicted molar refractivity (Wildman–Crippen MR) is 132 cm³/mol. The molecule has 0 spiro atoms. The molecule has 2 saturated heterocycles. The third-order valence-electron chi connectivity index (χ3n) is 6.05. The Hall–Kier alpha value is -1.85. The molecule has 2 aliphatic heterocycles. The van der Waals surface area contributed by atoms with Crippen LogP contribution in [-0.4, -0.2) is 37.6 Å². The highest BCUT2D eigenvalue weighted by Crippen LogP contribution is 2.40. The molecular weight excluding hydrogens is 398 g/mol. The predicted octanol–water partition coefficient (Wildman–Crippen LogP) is 5.86. The number of benzene rings is 2. The first-order valence-corrected chi connectivity index (χ1v) is 11.6. The van der Waals surface area contributed by atoms with Gasteiger partial charge in [0.2, 0.25) is 0 Å². The molecule has 168 valence electrons. The summed E-state index contributed by atoms with van der Waals surface area (Å²) >= 11 is 0. The molecule has 0 amide bonds. The Bertz CT molecular complexity index is 865. The second kappa shape index (κ2) is 9.18. The minimum atomic E-state index is -0.529. The molecule has 2 unspecified atom stereocenters. The number of rotatable bonds is 4. The van der Waals surface area contributed by atoms with E-state index in [9.17, 15) is 0 Å². The van der Waals surface area contributed by atoms with Crippen LogP contribution >= 0.6 is 0 Å². The number of hydrogen-bond acceptors (Lipinski definition) is 4. The van der Waals surface area contributed by atoms with Gasteiger partial charge >= 0.3 is 14.2 Å². The summed E-state index contributed by atoms with van der Waals surface area (Å²) in [6.45, 7) is 12.7. The lowest BCUT2D eigenvalue weighted by Gasteiger charge is -2.42. The zero-order valence-electron chi connectivity index (χ0n) is 20.1. The van der Waals surface area contributed by atoms with Crippen LogP contribution in [0, 0.1) is 0 Å². The van der Waals surface area contributed by atoms with Crippen LogP contribution in [0.1, 0.15) is 65.5 Å². The minimum absolute atomic E-state index is 0.0723. The first kappa shape index (κ1) is 23.3. The third-order valence-corrected chi connectivity index (χ3v) is 6.05. The third kappa shape index (κ3) is 5.37. The van der Waals surface area contributed by atoms with Crippen LogP contribution in [0.2, 0.25) is 0 Å². The van der Waals surface area contributed by atoms with E-state index in [0.717, 1.165) is 34.9 Å². The summed E-state index contributed by atoms with van der Waals surface area (Å²) in [6.07, 6.45) is 1.82. The van der Waals surface area contributed by atoms with Crippen LogP contribution in [0.25, 0.3) is 10.9 Å². The standard InChI is InChI=1S/C26H34B2O4/c1-19-17-25(3,4)31-27(29-19)23(21-13-9-7-10-14-21)24(22-15-11-8-12-16-22)28-30-20(2)18-26(5,6)32-28/h7-16,19-20H,17-18H2,1-6H3/b24-23+. The molecule has 0 aromatic heterocycles. The molecule has 2 aromatic rings. The maximum Gasteiger partial charge on any atom is 0.494 e. The molecule has 4 nitrogen and oxygen atoms in total. The topological polar surface area (TPSA) is 36.9 Å². The average Bonchev–Trinajstić information content (AvgIpc) is 2.70. The molecule has 2 aromatic carbocycles. The van der Waals surface area contributed by atoms with Gasteiger partial charge in [-0.05, 0) is 76.5 Å². The van der Waals surface area contributed by atoms with Crippen molar-refractivity contribution in [3.63, 3.8) is 0 Å². The van der Waals surface area contributed by atoms with Crippen molar-refractivity contribution in [2.45, 2.75) is 77.8 Å². The van der Waals surface area contributed by atoms with Gasteiger partial charge in [-0.3, -0.25) is 0 Å². The van der Waals surface area contributed by atoms with Crippen molar-refractivity contribution in [2.24, 2.45) is 0 Å². The van der Waals surface area contributed by atoms with Gasteiger partial charge in [-0.25, -0.2) is 0 Å². The second-order valence-corrected chi connectivity index (χ2v) is 10.3. The van der Waals surface area contributed by atoms with Crippen LogP contribution in [-0.2, 0) is 18.6 Å². The van der Waals surface area contributed by atoms with Crippen LogP contribution in [0.4, 0.5) is 0 Å². The van der Waals surface area contributed by atoms with Gasteiger partial charge in [-0.1, -0.05) is 60.7 Å². The maximum atomic E-state index is 6.54. The Morgan fingerprint density at radius 1 is 0.656 bits per heavy atom. The van der Waals surface area contributed by atoms with Gasteiger partial charge in [0.1, 0.15) is 0 Å². The van der Waals surface area contributed by atoms with Crippen molar-refractivity contribution in [1.82, 2.24) is 0 Å². The summed E-state index contributed by atoms with van der Waals surface area (Å²) in [5.41, 5.74) is 3.42. The molecule has 2 heterocycles. The minimum Gasteiger partial charge on any atom is -0.405 e. The quantitative estimate of drug-likeness (QED) is 0.448. The monoisotopic (exact) mass is 432 g/mol. The normalized spacial score (nSPS) is 25.9. The van der Waals surface area contributed by atoms with E-state index in [4.69, 9.17) is 18.6 Å². The van der Waals surface area contributed by atoms with Crippen molar-refractivity contribution < 1.29 is 18.6 Å². The van der Waals surface area contributed by atoms with E-state index in [1.807, 2.05) is 36.4 Å². The number of hydrogen-bond donors (Lipinski definition) is 0. The van der Waals surface area contributed by atoms with Gasteiger partial charge < -0.3 is 18.6 Å². The first-order valence-electron chi connectivity index (χ1n) is 11.6. The second-order valence-electron chi connectivity index (χ2n) is 10.3. The van der Waals surface area contributed by atoms with Crippen LogP contribution in [0.3, 0.4) is 0 Å². The maximum absolute atomic E-state index is 6.54. The van der Waals surface area contributed by atoms with Crippen molar-refractivity contribution >= 4 is 25.2 Å². The lowest BCUT2D eigenvalue weighted by Crippen LogP contribution is -2.49. The lowest BCUT2D eigenvalue weighted by molar-refractivity contribution is -0.0246. The molecule has 0 saturated carbocycles. The summed E-state index contributed by atoms with van der Waals surface area (Å²) in [4.78, 5) is 0. The van der Waals surface area contributed by atoms with Gasteiger partial charge in [-0.2, -0.15) is 0 Å². The van der Waals surface area contributed by atoms with E-state index in [2.05, 4.69) is 65.8 Å². The zero-order chi connectivity index (χ0) is 22.9. The van der Waals surface area contributed by atoms with E-state index < -0.39 is 14.2 Å². The molecule has 0 bridgehead atoms. The summed E-state index contributed by atoms with van der Waals surface area (Å²) in [6, 6.07) is 20.7. The van der Waals surface area contributed by atoms with Crippen molar-refractivity contribution in [3.8, 4) is 0 Å². The van der Waals surface area contributed by atoms with E-state index in [1.54, 1.807) is 0 Å². The summed E-state index contributed by atoms with van der Waals surface area (Å²) in [7, 11) is -1.06. The van der Waals surface area contributed by atoms with Gasteiger partial charge in [0.25, 0.3) is 0 Å². The van der Waals surface area contributed by atoms with Gasteiger partial charge in [0.15, 0.2) is 0 Å². The molecule has 2 fully saturated rings. The summed E-state index contributed by atoms with van der Waals surface area (Å²) in [5, 5.41) is 0. The highest BCUT2D eigenvalue weighted by atomic mass is 16.6. The highest BCUT2D eigenvalue weighted by Gasteiger charge is 2.46. The highest BCUT2D eigenvalue weighted by molar-refractivity contribution is 6.82. The fourth-order valence-electron chi connectivity index (χ4n) is 4.96. The molecule has 0 radical (unpaired) electrons. The Kier molecular flexibility index (Phi) is 6.69. The molecule has 2 aliphatic rings. The van der Waals surface area contributed by atoms with Crippen molar-refractivity contribution in [3.05, 3.63) is 71.8 Å². The summed E-state index contributed by atoms with van der Waals surface area (Å²) in [5.74, 6) is 0. The summed E-state index contributed by atoms with van der Waals surface area (Å²) < 4.78 is 25.9. The zero-order valence-corrected chi connectivity index (χ0v) is 20.1. The molecule has 0 N–H and O–H groups in total. The Labute approximate surface area is 193 Å². The smallest absolute Gasteiger partial charge is 0.405 e. The Balaban J connectivity index is 1.94. The van der Waals surface area contributed by atoms with Crippen LogP contribution in [0.5, 0.6) is 0 Å². The van der Waals surface area contributed by atoms with Gasteiger partial charge in [-0.15, -0.1) is 0 Å². The fraction of sp³-hybridized carbons (Fsp3) is 0.462.